The van der Waals surface area contributed by atoms with Crippen LogP contribution in [-0.4, -0.2) is 29.6 Å². The molecule has 2 aromatic carbocycles. The summed E-state index contributed by atoms with van der Waals surface area (Å²) < 4.78 is 6.61. The molecule has 1 aliphatic rings. The molecule has 0 spiro atoms. The van der Waals surface area contributed by atoms with E-state index in [0.717, 1.165) is 40.4 Å². The van der Waals surface area contributed by atoms with Crippen molar-refractivity contribution >= 4 is 44.3 Å². The molecule has 144 valence electrons. The van der Waals surface area contributed by atoms with Crippen molar-refractivity contribution in [1.82, 2.24) is 10.3 Å². The third-order valence-electron chi connectivity index (χ3n) is 5.05. The van der Waals surface area contributed by atoms with E-state index >= 15 is 0 Å². The van der Waals surface area contributed by atoms with Gasteiger partial charge in [0.15, 0.2) is 0 Å². The monoisotopic (exact) mass is 458 g/mol. The number of nitrogens with one attached hydrogen (secondary N) is 1. The Balaban J connectivity index is 1.77. The molecule has 0 saturated carbocycles. The molecule has 1 aliphatic heterocycles. The van der Waals surface area contributed by atoms with Crippen molar-refractivity contribution in [3.05, 3.63) is 63.6 Å². The van der Waals surface area contributed by atoms with Gasteiger partial charge in [-0.15, -0.1) is 0 Å². The predicted molar refractivity (Wildman–Crippen MR) is 116 cm³/mol. The van der Waals surface area contributed by atoms with E-state index in [1.807, 2.05) is 55.5 Å². The van der Waals surface area contributed by atoms with Crippen molar-refractivity contribution in [2.45, 2.75) is 31.9 Å². The number of pyridine rings is 1. The molecule has 0 bridgehead atoms. The highest BCUT2D eigenvalue weighted by Crippen LogP contribution is 2.31. The van der Waals surface area contributed by atoms with E-state index in [4.69, 9.17) is 21.3 Å². The van der Waals surface area contributed by atoms with Gasteiger partial charge in [-0.05, 0) is 50.1 Å². The largest absolute Gasteiger partial charge is 0.376 e. The van der Waals surface area contributed by atoms with Gasteiger partial charge >= 0.3 is 0 Å². The van der Waals surface area contributed by atoms with E-state index in [1.54, 1.807) is 0 Å². The van der Waals surface area contributed by atoms with E-state index in [0.29, 0.717) is 16.3 Å². The average Bonchev–Trinajstić information content (AvgIpc) is 3.22. The van der Waals surface area contributed by atoms with Gasteiger partial charge in [-0.1, -0.05) is 45.7 Å². The van der Waals surface area contributed by atoms with E-state index in [1.165, 1.54) is 0 Å². The predicted octanol–water partition coefficient (Wildman–Crippen LogP) is 5.62. The molecular formula is C22H20BrClN2O2. The zero-order chi connectivity index (χ0) is 19.7. The molecule has 4 nitrogen and oxygen atoms in total. The van der Waals surface area contributed by atoms with Crippen molar-refractivity contribution in [3.8, 4) is 11.3 Å². The van der Waals surface area contributed by atoms with Gasteiger partial charge in [0.05, 0.1) is 28.9 Å². The molecule has 1 amide bonds. The maximum absolute atomic E-state index is 13.2. The van der Waals surface area contributed by atoms with Gasteiger partial charge in [0.1, 0.15) is 0 Å². The van der Waals surface area contributed by atoms with E-state index < -0.39 is 0 Å². The quantitative estimate of drug-likeness (QED) is 0.551. The number of fused-ring (bicyclic) bond motifs is 1. The van der Waals surface area contributed by atoms with Crippen molar-refractivity contribution in [3.63, 3.8) is 0 Å². The maximum atomic E-state index is 13.2. The Morgan fingerprint density at radius 1 is 1.29 bits per heavy atom. The van der Waals surface area contributed by atoms with Crippen LogP contribution in [0.3, 0.4) is 0 Å². The van der Waals surface area contributed by atoms with Crippen molar-refractivity contribution < 1.29 is 9.53 Å². The third-order valence-corrected chi connectivity index (χ3v) is 5.87. The van der Waals surface area contributed by atoms with E-state index in [-0.39, 0.29) is 18.1 Å². The highest BCUT2D eigenvalue weighted by molar-refractivity contribution is 9.10. The van der Waals surface area contributed by atoms with Gasteiger partial charge in [-0.2, -0.15) is 0 Å². The second kappa shape index (κ2) is 8.19. The van der Waals surface area contributed by atoms with Crippen LogP contribution >= 0.6 is 27.5 Å². The first kappa shape index (κ1) is 19.4. The van der Waals surface area contributed by atoms with Crippen LogP contribution in [0.2, 0.25) is 5.02 Å². The number of hydrogen-bond donors (Lipinski definition) is 1. The summed E-state index contributed by atoms with van der Waals surface area (Å²) in [6.07, 6.45) is 2.06. The molecule has 1 saturated heterocycles. The minimum Gasteiger partial charge on any atom is -0.376 e. The van der Waals surface area contributed by atoms with Crippen LogP contribution in [-0.2, 0) is 4.74 Å². The number of carbonyl (C=O) groups is 1. The van der Waals surface area contributed by atoms with Crippen LogP contribution in [0.5, 0.6) is 0 Å². The summed E-state index contributed by atoms with van der Waals surface area (Å²) in [6.45, 7) is 2.74. The lowest BCUT2D eigenvalue weighted by Crippen LogP contribution is -2.40. The zero-order valence-corrected chi connectivity index (χ0v) is 17.8. The first-order chi connectivity index (χ1) is 13.5. The van der Waals surface area contributed by atoms with Gasteiger partial charge in [-0.25, -0.2) is 4.98 Å². The molecule has 2 atom stereocenters. The van der Waals surface area contributed by atoms with Crippen LogP contribution < -0.4 is 5.32 Å². The van der Waals surface area contributed by atoms with Crippen molar-refractivity contribution in [2.24, 2.45) is 0 Å². The van der Waals surface area contributed by atoms with Gasteiger partial charge in [0.2, 0.25) is 0 Å². The Morgan fingerprint density at radius 3 is 2.86 bits per heavy atom. The summed E-state index contributed by atoms with van der Waals surface area (Å²) in [7, 11) is 0. The lowest BCUT2D eigenvalue weighted by atomic mass is 10.0. The normalized spacial score (nSPS) is 17.6. The number of aromatic nitrogens is 1. The molecular weight excluding hydrogens is 440 g/mol. The topological polar surface area (TPSA) is 51.2 Å². The van der Waals surface area contributed by atoms with Crippen LogP contribution in [0.15, 0.2) is 53.0 Å². The van der Waals surface area contributed by atoms with E-state index in [9.17, 15) is 4.79 Å². The minimum absolute atomic E-state index is 0.0610. The Labute approximate surface area is 177 Å². The van der Waals surface area contributed by atoms with Gasteiger partial charge in [0, 0.05) is 27.1 Å². The lowest BCUT2D eigenvalue weighted by molar-refractivity contribution is 0.0713. The Morgan fingerprint density at radius 2 is 2.11 bits per heavy atom. The minimum atomic E-state index is -0.137. The second-order valence-electron chi connectivity index (χ2n) is 7.01. The molecule has 0 aliphatic carbocycles. The smallest absolute Gasteiger partial charge is 0.252 e. The Hall–Kier alpha value is -1.95. The molecule has 2 heterocycles. The van der Waals surface area contributed by atoms with Gasteiger partial charge in [0.25, 0.3) is 5.91 Å². The SMILES string of the molecule is C[C@H](NC(=O)c1cc(-c2ccccc2Cl)nc2ccc(Br)cc12)[C@H]1CCCO1. The number of hydrogen-bond acceptors (Lipinski definition) is 3. The fraction of sp³-hybridized carbons (Fsp3) is 0.273. The van der Waals surface area contributed by atoms with E-state index in [2.05, 4.69) is 21.2 Å². The average molecular weight is 460 g/mol. The highest BCUT2D eigenvalue weighted by Gasteiger charge is 2.25. The molecule has 4 rings (SSSR count). The molecule has 0 unspecified atom stereocenters. The lowest BCUT2D eigenvalue weighted by Gasteiger charge is -2.20. The summed E-state index contributed by atoms with van der Waals surface area (Å²) >= 11 is 9.87. The number of rotatable bonds is 4. The zero-order valence-electron chi connectivity index (χ0n) is 15.4. The number of ether oxygens (including phenoxy) is 1. The van der Waals surface area contributed by atoms with Gasteiger partial charge in [-0.3, -0.25) is 4.79 Å². The molecule has 1 fully saturated rings. The Bertz CT molecular complexity index is 1030. The highest BCUT2D eigenvalue weighted by atomic mass is 79.9. The number of halogens is 2. The van der Waals surface area contributed by atoms with Gasteiger partial charge < -0.3 is 10.1 Å². The summed E-state index contributed by atoms with van der Waals surface area (Å²) in [5, 5.41) is 4.50. The molecule has 3 aromatic rings. The molecule has 0 radical (unpaired) electrons. The molecule has 1 N–H and O–H groups in total. The van der Waals surface area contributed by atoms with Crippen LogP contribution in [0.4, 0.5) is 0 Å². The number of amides is 1. The third kappa shape index (κ3) is 3.93. The van der Waals surface area contributed by atoms with Crippen LogP contribution in [0, 0.1) is 0 Å². The summed E-state index contributed by atoms with van der Waals surface area (Å²) in [5.41, 5.74) is 2.80. The van der Waals surface area contributed by atoms with Crippen molar-refractivity contribution in [2.75, 3.05) is 6.61 Å². The van der Waals surface area contributed by atoms with Crippen LogP contribution in [0.1, 0.15) is 30.1 Å². The summed E-state index contributed by atoms with van der Waals surface area (Å²) in [6, 6.07) is 15.0. The first-order valence-corrected chi connectivity index (χ1v) is 10.5. The van der Waals surface area contributed by atoms with Crippen LogP contribution in [0.25, 0.3) is 22.2 Å². The first-order valence-electron chi connectivity index (χ1n) is 9.30. The number of nitrogens with zero attached hydrogens (tertiary/aromatic N) is 1. The standard InChI is InChI=1S/C22H20BrClN2O2/c1-13(21-7-4-10-28-21)25-22(27)17-12-20(15-5-2-3-6-18(15)24)26-19-9-8-14(23)11-16(17)19/h2-3,5-6,8-9,11-13,21H,4,7,10H2,1H3,(H,25,27)/t13-,21+/m0/s1. The second-order valence-corrected chi connectivity index (χ2v) is 8.33. The number of benzene rings is 2. The molecule has 6 heteroatoms. The fourth-order valence-electron chi connectivity index (χ4n) is 3.57. The number of carbonyl (C=O) groups excluding carboxylic acids is 1. The Kier molecular flexibility index (Phi) is 5.67. The summed E-state index contributed by atoms with van der Waals surface area (Å²) in [5.74, 6) is -0.137. The fourth-order valence-corrected chi connectivity index (χ4v) is 4.16. The van der Waals surface area contributed by atoms with Crippen molar-refractivity contribution in [1.29, 1.82) is 0 Å². The maximum Gasteiger partial charge on any atom is 0.252 e. The summed E-state index contributed by atoms with van der Waals surface area (Å²) in [4.78, 5) is 17.9. The molecule has 28 heavy (non-hydrogen) atoms. The molecule has 1 aromatic heterocycles.